The number of aryl methyl sites for hydroxylation is 2. The molecule has 0 aliphatic rings. The molecule has 2 rings (SSSR count). The number of hydrogen-bond donors (Lipinski definition) is 1. The SMILES string of the molecule is Cc1cc(C(=O)Nc2ccc(Cl)cc2C)no1. The first-order chi connectivity index (χ1) is 8.06. The maximum atomic E-state index is 11.8. The van der Waals surface area contributed by atoms with Gasteiger partial charge in [0.2, 0.25) is 0 Å². The second-order valence-corrected chi connectivity index (χ2v) is 4.17. The predicted molar refractivity (Wildman–Crippen MR) is 65.4 cm³/mol. The van der Waals surface area contributed by atoms with Crippen molar-refractivity contribution in [3.63, 3.8) is 0 Å². The molecule has 0 fully saturated rings. The lowest BCUT2D eigenvalue weighted by Crippen LogP contribution is -2.12. The minimum atomic E-state index is -0.299. The second-order valence-electron chi connectivity index (χ2n) is 3.74. The van der Waals surface area contributed by atoms with E-state index >= 15 is 0 Å². The monoisotopic (exact) mass is 250 g/mol. The number of anilines is 1. The van der Waals surface area contributed by atoms with Crippen molar-refractivity contribution in [2.24, 2.45) is 0 Å². The summed E-state index contributed by atoms with van der Waals surface area (Å²) in [6, 6.07) is 6.84. The third kappa shape index (κ3) is 2.65. The van der Waals surface area contributed by atoms with Crippen LogP contribution in [0.25, 0.3) is 0 Å². The highest BCUT2D eigenvalue weighted by Crippen LogP contribution is 2.20. The number of amides is 1. The number of carbonyl (C=O) groups excluding carboxylic acids is 1. The van der Waals surface area contributed by atoms with Gasteiger partial charge in [0.1, 0.15) is 5.76 Å². The summed E-state index contributed by atoms with van der Waals surface area (Å²) in [5.74, 6) is 0.301. The van der Waals surface area contributed by atoms with Gasteiger partial charge in [-0.25, -0.2) is 0 Å². The Bertz CT molecular complexity index is 563. The zero-order valence-corrected chi connectivity index (χ0v) is 10.2. The Morgan fingerprint density at radius 1 is 1.35 bits per heavy atom. The average molecular weight is 251 g/mol. The second kappa shape index (κ2) is 4.59. The molecule has 0 aliphatic carbocycles. The highest BCUT2D eigenvalue weighted by molar-refractivity contribution is 6.30. The molecule has 5 heteroatoms. The Morgan fingerprint density at radius 2 is 2.12 bits per heavy atom. The van der Waals surface area contributed by atoms with Crippen molar-refractivity contribution >= 4 is 23.2 Å². The summed E-state index contributed by atoms with van der Waals surface area (Å²) in [7, 11) is 0. The molecule has 88 valence electrons. The predicted octanol–water partition coefficient (Wildman–Crippen LogP) is 3.20. The van der Waals surface area contributed by atoms with Crippen molar-refractivity contribution in [1.82, 2.24) is 5.16 Å². The van der Waals surface area contributed by atoms with Gasteiger partial charge in [0.15, 0.2) is 5.69 Å². The molecule has 0 spiro atoms. The molecular weight excluding hydrogens is 240 g/mol. The van der Waals surface area contributed by atoms with Crippen molar-refractivity contribution in [3.8, 4) is 0 Å². The van der Waals surface area contributed by atoms with Crippen LogP contribution in [0.1, 0.15) is 21.8 Å². The first kappa shape index (κ1) is 11.7. The minimum Gasteiger partial charge on any atom is -0.361 e. The molecule has 4 nitrogen and oxygen atoms in total. The molecule has 0 atom stereocenters. The van der Waals surface area contributed by atoms with E-state index in [1.807, 2.05) is 6.92 Å². The zero-order valence-electron chi connectivity index (χ0n) is 9.45. The standard InChI is InChI=1S/C12H11ClN2O2/c1-7-5-9(13)3-4-10(7)14-12(16)11-6-8(2)17-15-11/h3-6H,1-2H3,(H,14,16). The summed E-state index contributed by atoms with van der Waals surface area (Å²) in [6.07, 6.45) is 0. The Labute approximate surface area is 104 Å². The third-order valence-corrected chi connectivity index (χ3v) is 2.53. The quantitative estimate of drug-likeness (QED) is 0.891. The highest BCUT2D eigenvalue weighted by atomic mass is 35.5. The van der Waals surface area contributed by atoms with Crippen LogP contribution in [-0.2, 0) is 0 Å². The molecule has 0 radical (unpaired) electrons. The van der Waals surface area contributed by atoms with Gasteiger partial charge in [-0.1, -0.05) is 16.8 Å². The molecule has 0 unspecified atom stereocenters. The van der Waals surface area contributed by atoms with Gasteiger partial charge < -0.3 is 9.84 Å². The molecule has 0 saturated carbocycles. The highest BCUT2D eigenvalue weighted by Gasteiger charge is 2.12. The molecule has 1 heterocycles. The fourth-order valence-electron chi connectivity index (χ4n) is 1.43. The maximum absolute atomic E-state index is 11.8. The van der Waals surface area contributed by atoms with E-state index in [2.05, 4.69) is 10.5 Å². The number of benzene rings is 1. The molecule has 17 heavy (non-hydrogen) atoms. The smallest absolute Gasteiger partial charge is 0.277 e. The van der Waals surface area contributed by atoms with Crippen molar-refractivity contribution in [1.29, 1.82) is 0 Å². The maximum Gasteiger partial charge on any atom is 0.277 e. The number of rotatable bonds is 2. The van der Waals surface area contributed by atoms with Crippen LogP contribution in [0.15, 0.2) is 28.8 Å². The van der Waals surface area contributed by atoms with Crippen molar-refractivity contribution < 1.29 is 9.32 Å². The third-order valence-electron chi connectivity index (χ3n) is 2.30. The Hall–Kier alpha value is -1.81. The van der Waals surface area contributed by atoms with Gasteiger partial charge in [0, 0.05) is 16.8 Å². The Balaban J connectivity index is 2.18. The van der Waals surface area contributed by atoms with E-state index in [4.69, 9.17) is 16.1 Å². The van der Waals surface area contributed by atoms with Crippen LogP contribution in [0.5, 0.6) is 0 Å². The molecule has 1 amide bonds. The Morgan fingerprint density at radius 3 is 2.71 bits per heavy atom. The van der Waals surface area contributed by atoms with Crippen LogP contribution in [0.3, 0.4) is 0 Å². The van der Waals surface area contributed by atoms with Crippen LogP contribution in [0.4, 0.5) is 5.69 Å². The largest absolute Gasteiger partial charge is 0.361 e. The molecule has 2 aromatic rings. The first-order valence-corrected chi connectivity index (χ1v) is 5.45. The van der Waals surface area contributed by atoms with Crippen LogP contribution >= 0.6 is 11.6 Å². The molecule has 0 saturated heterocycles. The lowest BCUT2D eigenvalue weighted by atomic mass is 10.2. The van der Waals surface area contributed by atoms with E-state index < -0.39 is 0 Å². The average Bonchev–Trinajstić information content (AvgIpc) is 2.69. The first-order valence-electron chi connectivity index (χ1n) is 5.07. The Kier molecular flexibility index (Phi) is 3.15. The molecular formula is C12H11ClN2O2. The van der Waals surface area contributed by atoms with E-state index in [0.29, 0.717) is 16.5 Å². The normalized spacial score (nSPS) is 10.3. The summed E-state index contributed by atoms with van der Waals surface area (Å²) in [5.41, 5.74) is 1.86. The van der Waals surface area contributed by atoms with Gasteiger partial charge in [-0.15, -0.1) is 0 Å². The van der Waals surface area contributed by atoms with Crippen molar-refractivity contribution in [2.75, 3.05) is 5.32 Å². The van der Waals surface area contributed by atoms with E-state index in [9.17, 15) is 4.79 Å². The zero-order chi connectivity index (χ0) is 12.4. The lowest BCUT2D eigenvalue weighted by Gasteiger charge is -2.06. The van der Waals surface area contributed by atoms with Gasteiger partial charge in [-0.2, -0.15) is 0 Å². The van der Waals surface area contributed by atoms with Crippen LogP contribution in [0.2, 0.25) is 5.02 Å². The number of carbonyl (C=O) groups is 1. The summed E-state index contributed by atoms with van der Waals surface area (Å²) < 4.78 is 4.84. The molecule has 1 aromatic heterocycles. The molecule has 1 aromatic carbocycles. The van der Waals surface area contributed by atoms with Gasteiger partial charge in [-0.05, 0) is 37.6 Å². The minimum absolute atomic E-state index is 0.261. The fraction of sp³-hybridized carbons (Fsp3) is 0.167. The van der Waals surface area contributed by atoms with E-state index in [1.165, 1.54) is 0 Å². The van der Waals surface area contributed by atoms with Gasteiger partial charge in [-0.3, -0.25) is 4.79 Å². The van der Waals surface area contributed by atoms with Crippen LogP contribution < -0.4 is 5.32 Å². The van der Waals surface area contributed by atoms with Crippen molar-refractivity contribution in [3.05, 3.63) is 46.3 Å². The molecule has 0 bridgehead atoms. The number of nitrogens with one attached hydrogen (secondary N) is 1. The topological polar surface area (TPSA) is 55.1 Å². The van der Waals surface area contributed by atoms with Crippen molar-refractivity contribution in [2.45, 2.75) is 13.8 Å². The summed E-state index contributed by atoms with van der Waals surface area (Å²) in [5, 5.41) is 7.03. The van der Waals surface area contributed by atoms with Crippen LogP contribution in [0, 0.1) is 13.8 Å². The van der Waals surface area contributed by atoms with Gasteiger partial charge in [0.25, 0.3) is 5.91 Å². The summed E-state index contributed by atoms with van der Waals surface area (Å²) in [4.78, 5) is 11.8. The fourth-order valence-corrected chi connectivity index (χ4v) is 1.65. The van der Waals surface area contributed by atoms with Crippen LogP contribution in [-0.4, -0.2) is 11.1 Å². The lowest BCUT2D eigenvalue weighted by molar-refractivity contribution is 0.101. The van der Waals surface area contributed by atoms with Gasteiger partial charge in [0.05, 0.1) is 0 Å². The number of halogens is 1. The number of nitrogens with zero attached hydrogens (tertiary/aromatic N) is 1. The van der Waals surface area contributed by atoms with Gasteiger partial charge >= 0.3 is 0 Å². The number of hydrogen-bond acceptors (Lipinski definition) is 3. The summed E-state index contributed by atoms with van der Waals surface area (Å²) >= 11 is 5.83. The number of aromatic nitrogens is 1. The van der Waals surface area contributed by atoms with E-state index in [1.54, 1.807) is 31.2 Å². The molecule has 1 N–H and O–H groups in total. The molecule has 0 aliphatic heterocycles. The van der Waals surface area contributed by atoms with E-state index in [-0.39, 0.29) is 11.6 Å². The van der Waals surface area contributed by atoms with E-state index in [0.717, 1.165) is 5.56 Å². The summed E-state index contributed by atoms with van der Waals surface area (Å²) in [6.45, 7) is 3.60.